The van der Waals surface area contributed by atoms with Gasteiger partial charge in [0.15, 0.2) is 6.54 Å². The average molecular weight is 427 g/mol. The van der Waals surface area contributed by atoms with Crippen molar-refractivity contribution in [2.45, 2.75) is 25.8 Å². The van der Waals surface area contributed by atoms with Gasteiger partial charge in [0.2, 0.25) is 5.91 Å². The van der Waals surface area contributed by atoms with Crippen LogP contribution >= 0.6 is 0 Å². The number of methoxy groups -OCH3 is 2. The smallest absolute Gasteiger partial charge is 0.277 e. The van der Waals surface area contributed by atoms with Gasteiger partial charge in [-0.25, -0.2) is 0 Å². The van der Waals surface area contributed by atoms with Gasteiger partial charge in [0, 0.05) is 31.6 Å². The molecule has 0 aromatic heterocycles. The third-order valence-corrected chi connectivity index (χ3v) is 5.82. The molecule has 2 amide bonds. The Bertz CT molecular complexity index is 914. The minimum Gasteiger partial charge on any atom is -0.497 e. The second-order valence-corrected chi connectivity index (χ2v) is 8.05. The van der Waals surface area contributed by atoms with E-state index in [1.54, 1.807) is 21.3 Å². The summed E-state index contributed by atoms with van der Waals surface area (Å²) in [6.45, 7) is 3.27. The number of carbonyl (C=O) groups excluding carboxylic acids is 2. The predicted octanol–water partition coefficient (Wildman–Crippen LogP) is 1.83. The van der Waals surface area contributed by atoms with E-state index in [-0.39, 0.29) is 24.4 Å². The molecule has 2 N–H and O–H groups in total. The van der Waals surface area contributed by atoms with Gasteiger partial charge in [0.05, 0.1) is 32.9 Å². The number of hydrogen-bond acceptors (Lipinski definition) is 4. The second kappa shape index (κ2) is 10.3. The topological polar surface area (TPSA) is 72.3 Å². The molecule has 0 spiro atoms. The Morgan fingerprint density at radius 2 is 1.87 bits per heavy atom. The number of amides is 2. The maximum atomic E-state index is 12.8. The maximum absolute atomic E-state index is 12.8. The highest BCUT2D eigenvalue weighted by Crippen LogP contribution is 2.31. The Morgan fingerprint density at radius 1 is 1.13 bits per heavy atom. The van der Waals surface area contributed by atoms with Gasteiger partial charge in [-0.3, -0.25) is 9.59 Å². The van der Waals surface area contributed by atoms with Crippen molar-refractivity contribution in [2.75, 3.05) is 46.2 Å². The first-order valence-electron chi connectivity index (χ1n) is 10.6. The molecule has 3 rings (SSSR count). The van der Waals surface area contributed by atoms with Crippen LogP contribution in [0.2, 0.25) is 0 Å². The molecule has 0 radical (unpaired) electrons. The first-order valence-corrected chi connectivity index (χ1v) is 10.6. The lowest BCUT2D eigenvalue weighted by Gasteiger charge is -2.25. The van der Waals surface area contributed by atoms with E-state index in [9.17, 15) is 9.59 Å². The Hall–Kier alpha value is -3.06. The zero-order chi connectivity index (χ0) is 22.4. The molecule has 2 aromatic rings. The lowest BCUT2D eigenvalue weighted by atomic mass is 10.0. The fourth-order valence-corrected chi connectivity index (χ4v) is 4.08. The summed E-state index contributed by atoms with van der Waals surface area (Å²) in [6.07, 6.45) is 2.03. The number of nitrogens with zero attached hydrogens (tertiary/aromatic N) is 1. The lowest BCUT2D eigenvalue weighted by molar-refractivity contribution is -0.910. The maximum Gasteiger partial charge on any atom is 0.277 e. The molecular weight excluding hydrogens is 394 g/mol. The summed E-state index contributed by atoms with van der Waals surface area (Å²) in [5.74, 6) is 1.27. The molecular formula is C24H32N3O4+. The van der Waals surface area contributed by atoms with Crippen molar-refractivity contribution in [3.63, 3.8) is 0 Å². The van der Waals surface area contributed by atoms with Crippen molar-refractivity contribution in [1.29, 1.82) is 0 Å². The monoisotopic (exact) mass is 426 g/mol. The first kappa shape index (κ1) is 22.6. The van der Waals surface area contributed by atoms with Crippen LogP contribution in [-0.2, 0) is 9.59 Å². The van der Waals surface area contributed by atoms with Gasteiger partial charge < -0.3 is 24.6 Å². The van der Waals surface area contributed by atoms with Gasteiger partial charge in [-0.05, 0) is 31.2 Å². The molecule has 166 valence electrons. The Labute approximate surface area is 183 Å². The number of nitrogens with one attached hydrogen (secondary N) is 2. The van der Waals surface area contributed by atoms with E-state index in [4.69, 9.17) is 9.47 Å². The molecule has 1 heterocycles. The van der Waals surface area contributed by atoms with Crippen LogP contribution < -0.4 is 19.7 Å². The van der Waals surface area contributed by atoms with E-state index in [2.05, 4.69) is 5.32 Å². The van der Waals surface area contributed by atoms with Crippen LogP contribution in [0.1, 0.15) is 30.0 Å². The van der Waals surface area contributed by atoms with Crippen molar-refractivity contribution >= 4 is 17.5 Å². The fourth-order valence-electron chi connectivity index (χ4n) is 4.08. The number of likely N-dealkylation sites (N-methyl/N-ethyl adjacent to an activating group) is 1. The summed E-state index contributed by atoms with van der Waals surface area (Å²) in [5, 5.41) is 2.84. The van der Waals surface area contributed by atoms with E-state index in [0.717, 1.165) is 47.7 Å². The molecule has 0 saturated carbocycles. The van der Waals surface area contributed by atoms with Crippen LogP contribution in [0.4, 0.5) is 5.69 Å². The largest absolute Gasteiger partial charge is 0.497 e. The molecule has 31 heavy (non-hydrogen) atoms. The van der Waals surface area contributed by atoms with Crippen molar-refractivity contribution in [3.8, 4) is 11.5 Å². The van der Waals surface area contributed by atoms with Gasteiger partial charge in [0.25, 0.3) is 5.91 Å². The van der Waals surface area contributed by atoms with E-state index in [1.807, 2.05) is 49.4 Å². The zero-order valence-electron chi connectivity index (χ0n) is 18.7. The number of likely N-dealkylation sites (tertiary alicyclic amines) is 1. The number of rotatable bonds is 8. The number of anilines is 1. The van der Waals surface area contributed by atoms with Gasteiger partial charge in [-0.1, -0.05) is 17.7 Å². The van der Waals surface area contributed by atoms with Gasteiger partial charge >= 0.3 is 0 Å². The Balaban J connectivity index is 1.59. The summed E-state index contributed by atoms with van der Waals surface area (Å²) in [5.41, 5.74) is 2.94. The van der Waals surface area contributed by atoms with Crippen LogP contribution in [0.15, 0.2) is 42.5 Å². The van der Waals surface area contributed by atoms with E-state index < -0.39 is 0 Å². The van der Waals surface area contributed by atoms with Crippen LogP contribution in [0.25, 0.3) is 0 Å². The fraction of sp³-hybridized carbons (Fsp3) is 0.417. The minimum absolute atomic E-state index is 0.0243. The number of benzene rings is 2. The number of quaternary nitrogens is 1. The quantitative estimate of drug-likeness (QED) is 0.676. The van der Waals surface area contributed by atoms with E-state index in [0.29, 0.717) is 6.54 Å². The van der Waals surface area contributed by atoms with Crippen LogP contribution in [-0.4, -0.2) is 57.6 Å². The summed E-state index contributed by atoms with van der Waals surface area (Å²) in [7, 11) is 4.96. The first-order chi connectivity index (χ1) is 14.9. The predicted molar refractivity (Wildman–Crippen MR) is 120 cm³/mol. The standard InChI is InChI=1S/C24H31N3O4/c1-17-7-9-18(10-8-17)25-23(28)15-26(2)24(29)16-27-13-5-6-21(27)20-12-11-19(30-3)14-22(20)31-4/h7-12,14,21H,5-6,13,15-16H2,1-4H3,(H,25,28)/p+1/t21-/m0/s1. The molecule has 1 aliphatic rings. The molecule has 7 heteroatoms. The molecule has 7 nitrogen and oxygen atoms in total. The normalized spacial score (nSPS) is 17.8. The lowest BCUT2D eigenvalue weighted by Crippen LogP contribution is -3.11. The average Bonchev–Trinajstić information content (AvgIpc) is 3.22. The van der Waals surface area contributed by atoms with Gasteiger partial charge in [-0.2, -0.15) is 0 Å². The summed E-state index contributed by atoms with van der Waals surface area (Å²) in [6, 6.07) is 13.6. The third kappa shape index (κ3) is 5.76. The summed E-state index contributed by atoms with van der Waals surface area (Å²) < 4.78 is 10.9. The molecule has 1 fully saturated rings. The minimum atomic E-state index is -0.204. The highest BCUT2D eigenvalue weighted by Gasteiger charge is 2.34. The number of hydrogen-bond donors (Lipinski definition) is 2. The van der Waals surface area contributed by atoms with E-state index >= 15 is 0 Å². The molecule has 0 bridgehead atoms. The van der Waals surface area contributed by atoms with Crippen LogP contribution in [0, 0.1) is 6.92 Å². The number of ether oxygens (including phenoxy) is 2. The Kier molecular flexibility index (Phi) is 7.52. The van der Waals surface area contributed by atoms with Crippen molar-refractivity contribution in [1.82, 2.24) is 4.90 Å². The van der Waals surface area contributed by atoms with Crippen molar-refractivity contribution in [3.05, 3.63) is 53.6 Å². The second-order valence-electron chi connectivity index (χ2n) is 8.05. The highest BCUT2D eigenvalue weighted by molar-refractivity contribution is 5.94. The molecule has 0 aliphatic carbocycles. The number of aryl methyl sites for hydroxylation is 1. The molecule has 2 atom stereocenters. The van der Waals surface area contributed by atoms with E-state index in [1.165, 1.54) is 9.80 Å². The number of carbonyl (C=O) groups is 2. The van der Waals surface area contributed by atoms with Crippen LogP contribution in [0.5, 0.6) is 11.5 Å². The summed E-state index contributed by atoms with van der Waals surface area (Å²) in [4.78, 5) is 27.9. The SMILES string of the molecule is COc1ccc([C@@H]2CCC[NH+]2CC(=O)N(C)CC(=O)Nc2ccc(C)cc2)c(OC)c1. The zero-order valence-corrected chi connectivity index (χ0v) is 18.7. The van der Waals surface area contributed by atoms with Crippen molar-refractivity contribution in [2.24, 2.45) is 0 Å². The third-order valence-electron chi connectivity index (χ3n) is 5.82. The van der Waals surface area contributed by atoms with Gasteiger partial charge in [0.1, 0.15) is 17.5 Å². The molecule has 2 aromatic carbocycles. The Morgan fingerprint density at radius 3 is 2.55 bits per heavy atom. The van der Waals surface area contributed by atoms with Crippen LogP contribution in [0.3, 0.4) is 0 Å². The van der Waals surface area contributed by atoms with Gasteiger partial charge in [-0.15, -0.1) is 0 Å². The molecule has 1 saturated heterocycles. The van der Waals surface area contributed by atoms with Crippen molar-refractivity contribution < 1.29 is 24.0 Å². The highest BCUT2D eigenvalue weighted by atomic mass is 16.5. The molecule has 1 aliphatic heterocycles. The molecule has 1 unspecified atom stereocenters. The summed E-state index contributed by atoms with van der Waals surface area (Å²) >= 11 is 0.